The van der Waals surface area contributed by atoms with Crippen LogP contribution in [0.3, 0.4) is 0 Å². The van der Waals surface area contributed by atoms with Crippen LogP contribution in [0.2, 0.25) is 0 Å². The lowest BCUT2D eigenvalue weighted by Crippen LogP contribution is -2.60. The Hall–Kier alpha value is -2.74. The topological polar surface area (TPSA) is 91.3 Å². The van der Waals surface area contributed by atoms with E-state index in [-0.39, 0.29) is 6.04 Å². The van der Waals surface area contributed by atoms with E-state index in [1.165, 1.54) is 7.11 Å². The van der Waals surface area contributed by atoms with Gasteiger partial charge < -0.3 is 9.64 Å². The summed E-state index contributed by atoms with van der Waals surface area (Å²) in [4.78, 5) is 46.2. The Bertz CT molecular complexity index is 802. The van der Waals surface area contributed by atoms with Gasteiger partial charge in [-0.15, -0.1) is 0 Å². The summed E-state index contributed by atoms with van der Waals surface area (Å²) in [6.45, 7) is 11.2. The van der Waals surface area contributed by atoms with Crippen LogP contribution >= 0.6 is 0 Å². The van der Waals surface area contributed by atoms with E-state index in [2.05, 4.69) is 24.1 Å². The number of carbonyl (C=O) groups excluding carboxylic acids is 3. The third kappa shape index (κ3) is 6.13. The molecule has 0 aromatic heterocycles. The predicted octanol–water partition coefficient (Wildman–Crippen LogP) is 3.26. The third-order valence-corrected chi connectivity index (χ3v) is 5.57. The van der Waals surface area contributed by atoms with Gasteiger partial charge in [0, 0.05) is 11.8 Å². The van der Waals surface area contributed by atoms with Crippen molar-refractivity contribution in [3.8, 4) is 5.75 Å². The average molecular weight is 431 g/mol. The average Bonchev–Trinajstić information content (AvgIpc) is 2.76. The number of benzene rings is 1. The van der Waals surface area contributed by atoms with Crippen molar-refractivity contribution in [2.24, 2.45) is 10.9 Å². The zero-order valence-corrected chi connectivity index (χ0v) is 19.2. The van der Waals surface area contributed by atoms with Gasteiger partial charge in [-0.25, -0.2) is 9.69 Å². The normalized spacial score (nSPS) is 18.4. The summed E-state index contributed by atoms with van der Waals surface area (Å²) in [6.07, 6.45) is 2.31. The molecule has 1 saturated heterocycles. The first-order chi connectivity index (χ1) is 14.9. The number of carbonyl (C=O) groups is 3. The molecule has 0 aliphatic carbocycles. The largest absolute Gasteiger partial charge is 0.497 e. The van der Waals surface area contributed by atoms with Gasteiger partial charge in [-0.1, -0.05) is 20.8 Å². The highest BCUT2D eigenvalue weighted by Gasteiger charge is 2.43. The van der Waals surface area contributed by atoms with E-state index in [9.17, 15) is 14.4 Å². The molecular weight excluding hydrogens is 396 g/mol. The first-order valence-electron chi connectivity index (χ1n) is 11.0. The minimum absolute atomic E-state index is 0.0156. The van der Waals surface area contributed by atoms with Crippen LogP contribution in [0.5, 0.6) is 5.75 Å². The van der Waals surface area contributed by atoms with Crippen LogP contribution < -0.4 is 15.0 Å². The first kappa shape index (κ1) is 24.5. The predicted molar refractivity (Wildman–Crippen MR) is 122 cm³/mol. The Morgan fingerprint density at radius 3 is 2.35 bits per heavy atom. The van der Waals surface area contributed by atoms with Crippen LogP contribution in [0.4, 0.5) is 10.5 Å². The second-order valence-corrected chi connectivity index (χ2v) is 7.59. The molecule has 8 heteroatoms. The van der Waals surface area contributed by atoms with Crippen molar-refractivity contribution in [2.45, 2.75) is 53.0 Å². The highest BCUT2D eigenvalue weighted by molar-refractivity contribution is 6.35. The number of anilines is 1. The number of methoxy groups -OCH3 is 1. The Morgan fingerprint density at radius 1 is 1.16 bits per heavy atom. The Morgan fingerprint density at radius 2 is 1.81 bits per heavy atom. The van der Waals surface area contributed by atoms with Gasteiger partial charge in [-0.05, 0) is 70.1 Å². The molecule has 0 spiro atoms. The molecule has 0 radical (unpaired) electrons. The molecule has 2 rings (SSSR count). The molecule has 4 amide bonds. The van der Waals surface area contributed by atoms with Crippen LogP contribution in [-0.4, -0.2) is 61.2 Å². The molecule has 1 aliphatic heterocycles. The smallest absolute Gasteiger partial charge is 0.335 e. The minimum atomic E-state index is -1.10. The van der Waals surface area contributed by atoms with Gasteiger partial charge in [0.15, 0.2) is 5.92 Å². The second kappa shape index (κ2) is 11.6. The van der Waals surface area contributed by atoms with E-state index in [4.69, 9.17) is 9.73 Å². The van der Waals surface area contributed by atoms with Crippen LogP contribution in [0.25, 0.3) is 0 Å². The summed E-state index contributed by atoms with van der Waals surface area (Å²) < 4.78 is 5.13. The molecule has 0 saturated carbocycles. The van der Waals surface area contributed by atoms with E-state index in [1.807, 2.05) is 13.8 Å². The molecule has 1 heterocycles. The number of hydrogen-bond acceptors (Lipinski definition) is 6. The second-order valence-electron chi connectivity index (χ2n) is 7.59. The number of amides is 4. The van der Waals surface area contributed by atoms with Crippen molar-refractivity contribution in [2.75, 3.05) is 31.6 Å². The monoisotopic (exact) mass is 430 g/mol. The molecule has 1 aromatic carbocycles. The molecular formula is C23H34N4O4. The number of nitrogens with zero attached hydrogens (tertiary/aromatic N) is 3. The molecule has 1 aliphatic rings. The Kier molecular flexibility index (Phi) is 9.18. The van der Waals surface area contributed by atoms with E-state index < -0.39 is 23.8 Å². The maximum Gasteiger partial charge on any atom is 0.335 e. The lowest BCUT2D eigenvalue weighted by molar-refractivity contribution is -0.131. The van der Waals surface area contributed by atoms with E-state index in [1.54, 1.807) is 24.3 Å². The maximum atomic E-state index is 13.2. The Balaban J connectivity index is 2.18. The summed E-state index contributed by atoms with van der Waals surface area (Å²) in [7, 11) is 1.54. The van der Waals surface area contributed by atoms with Crippen LogP contribution in [0, 0.1) is 5.92 Å². The molecule has 170 valence electrons. The fourth-order valence-corrected chi connectivity index (χ4v) is 3.71. The molecule has 8 nitrogen and oxygen atoms in total. The van der Waals surface area contributed by atoms with Crippen molar-refractivity contribution < 1.29 is 19.1 Å². The van der Waals surface area contributed by atoms with Gasteiger partial charge in [0.1, 0.15) is 5.75 Å². The summed E-state index contributed by atoms with van der Waals surface area (Å²) in [6, 6.07) is 5.78. The zero-order chi connectivity index (χ0) is 23.0. The van der Waals surface area contributed by atoms with Crippen molar-refractivity contribution in [3.05, 3.63) is 24.3 Å². The summed E-state index contributed by atoms with van der Waals surface area (Å²) in [5.41, 5.74) is 0.882. The van der Waals surface area contributed by atoms with Gasteiger partial charge in [-0.2, -0.15) is 0 Å². The Labute approximate surface area is 184 Å². The number of ether oxygens (including phenoxy) is 1. The molecule has 1 fully saturated rings. The van der Waals surface area contributed by atoms with Crippen molar-refractivity contribution in [1.29, 1.82) is 0 Å². The van der Waals surface area contributed by atoms with Crippen molar-refractivity contribution >= 4 is 29.2 Å². The zero-order valence-electron chi connectivity index (χ0n) is 19.2. The van der Waals surface area contributed by atoms with E-state index in [0.717, 1.165) is 37.4 Å². The lowest BCUT2D eigenvalue weighted by atomic mass is 9.95. The van der Waals surface area contributed by atoms with Gasteiger partial charge in [-0.3, -0.25) is 19.9 Å². The highest BCUT2D eigenvalue weighted by Crippen LogP contribution is 2.25. The van der Waals surface area contributed by atoms with Crippen molar-refractivity contribution in [3.63, 3.8) is 0 Å². The summed E-state index contributed by atoms with van der Waals surface area (Å²) in [5.74, 6) is -1.68. The molecule has 1 N–H and O–H groups in total. The standard InChI is InChI=1S/C23H34N4O4/c1-6-19(24-16(4)10-9-15-26(7-2)8-3)20-21(28)25-23(30)27(22(20)29)17-11-13-18(31-5)14-12-17/h11-14,16,20H,6-10,15H2,1-5H3,(H,25,28,30)/t16-,20?/m1/s1. The fourth-order valence-electron chi connectivity index (χ4n) is 3.71. The van der Waals surface area contributed by atoms with Crippen LogP contribution in [0.1, 0.15) is 47.0 Å². The van der Waals surface area contributed by atoms with Gasteiger partial charge in [0.05, 0.1) is 12.8 Å². The summed E-state index contributed by atoms with van der Waals surface area (Å²) in [5, 5.41) is 2.31. The van der Waals surface area contributed by atoms with E-state index in [0.29, 0.717) is 23.6 Å². The molecule has 1 unspecified atom stereocenters. The molecule has 1 aromatic rings. The van der Waals surface area contributed by atoms with Gasteiger partial charge in [0.2, 0.25) is 5.91 Å². The number of hydrogen-bond donors (Lipinski definition) is 1. The lowest BCUT2D eigenvalue weighted by Gasteiger charge is -2.31. The number of urea groups is 1. The van der Waals surface area contributed by atoms with Crippen LogP contribution in [-0.2, 0) is 9.59 Å². The maximum absolute atomic E-state index is 13.2. The third-order valence-electron chi connectivity index (χ3n) is 5.57. The SMILES string of the molecule is CCC(=N[C@H](C)CCCN(CC)CC)C1C(=O)NC(=O)N(c2ccc(OC)cc2)C1=O. The minimum Gasteiger partial charge on any atom is -0.497 e. The van der Waals surface area contributed by atoms with Crippen molar-refractivity contribution in [1.82, 2.24) is 10.2 Å². The van der Waals surface area contributed by atoms with E-state index >= 15 is 0 Å². The fraction of sp³-hybridized carbons (Fsp3) is 0.565. The van der Waals surface area contributed by atoms with Gasteiger partial charge >= 0.3 is 6.03 Å². The highest BCUT2D eigenvalue weighted by atomic mass is 16.5. The summed E-state index contributed by atoms with van der Waals surface area (Å²) >= 11 is 0. The van der Waals surface area contributed by atoms with Gasteiger partial charge in [0.25, 0.3) is 5.91 Å². The number of rotatable bonds is 11. The number of imide groups is 2. The number of aliphatic imine (C=N–C) groups is 1. The molecule has 2 atom stereocenters. The molecule has 31 heavy (non-hydrogen) atoms. The quantitative estimate of drug-likeness (QED) is 0.430. The number of barbiturate groups is 1. The van der Waals surface area contributed by atoms with Crippen LogP contribution in [0.15, 0.2) is 29.3 Å². The molecule has 0 bridgehead atoms. The number of nitrogens with one attached hydrogen (secondary N) is 1. The first-order valence-corrected chi connectivity index (χ1v) is 11.0.